The third kappa shape index (κ3) is 6.22. The Labute approximate surface area is 146 Å². The summed E-state index contributed by atoms with van der Waals surface area (Å²) in [5.41, 5.74) is 1.05. The van der Waals surface area contributed by atoms with E-state index in [1.807, 2.05) is 18.2 Å². The van der Waals surface area contributed by atoms with Crippen molar-refractivity contribution >= 4 is 35.0 Å². The summed E-state index contributed by atoms with van der Waals surface area (Å²) >= 11 is 12.1. The first kappa shape index (κ1) is 17.8. The molecule has 0 fully saturated rings. The molecule has 0 aliphatic rings. The molecule has 1 aromatic carbocycles. The zero-order valence-electron chi connectivity index (χ0n) is 13.0. The Balaban J connectivity index is 1.81. The van der Waals surface area contributed by atoms with Crippen LogP contribution in [0.25, 0.3) is 0 Å². The highest BCUT2D eigenvalue weighted by molar-refractivity contribution is 6.35. The molecule has 0 atom stereocenters. The van der Waals surface area contributed by atoms with Gasteiger partial charge < -0.3 is 15.4 Å². The van der Waals surface area contributed by atoms with Crippen LogP contribution in [0.5, 0.6) is 0 Å². The first-order chi connectivity index (χ1) is 11.2. The fourth-order valence-corrected chi connectivity index (χ4v) is 2.51. The average molecular weight is 355 g/mol. The van der Waals surface area contributed by atoms with E-state index in [-0.39, 0.29) is 0 Å². The van der Waals surface area contributed by atoms with Gasteiger partial charge in [0, 0.05) is 43.0 Å². The van der Waals surface area contributed by atoms with Gasteiger partial charge in [0.2, 0.25) is 5.95 Å². The van der Waals surface area contributed by atoms with Crippen molar-refractivity contribution in [3.63, 3.8) is 0 Å². The number of nitrogens with one attached hydrogen (secondary N) is 2. The molecule has 2 rings (SSSR count). The molecule has 0 unspecified atom stereocenters. The Morgan fingerprint density at radius 3 is 2.78 bits per heavy atom. The Hall–Kier alpha value is -1.56. The quantitative estimate of drug-likeness (QED) is 0.669. The highest BCUT2D eigenvalue weighted by Crippen LogP contribution is 2.21. The van der Waals surface area contributed by atoms with Gasteiger partial charge in [-0.15, -0.1) is 0 Å². The van der Waals surface area contributed by atoms with Crippen molar-refractivity contribution in [1.29, 1.82) is 0 Å². The van der Waals surface area contributed by atoms with Crippen molar-refractivity contribution in [2.75, 3.05) is 37.4 Å². The summed E-state index contributed by atoms with van der Waals surface area (Å²) in [6.45, 7) is 2.21. The summed E-state index contributed by atoms with van der Waals surface area (Å²) in [4.78, 5) is 8.60. The molecule has 0 spiro atoms. The van der Waals surface area contributed by atoms with Crippen LogP contribution in [0.15, 0.2) is 30.5 Å². The Kier molecular flexibility index (Phi) is 7.39. The van der Waals surface area contributed by atoms with Gasteiger partial charge in [0.15, 0.2) is 0 Å². The molecule has 0 bridgehead atoms. The number of methoxy groups -OCH3 is 1. The standard InChI is InChI=1S/C16H20Cl2N4O/c1-23-10-2-7-20-16-21-9-6-15(22-16)19-8-5-12-3-4-13(17)11-14(12)18/h3-4,6,9,11H,2,5,7-8,10H2,1H3,(H2,19,20,21,22). The zero-order chi connectivity index (χ0) is 16.5. The van der Waals surface area contributed by atoms with Crippen molar-refractivity contribution in [2.45, 2.75) is 12.8 Å². The van der Waals surface area contributed by atoms with Crippen molar-refractivity contribution < 1.29 is 4.74 Å². The SMILES string of the molecule is COCCCNc1nccc(NCCc2ccc(Cl)cc2Cl)n1. The number of benzene rings is 1. The van der Waals surface area contributed by atoms with Crippen molar-refractivity contribution in [1.82, 2.24) is 9.97 Å². The van der Waals surface area contributed by atoms with Crippen LogP contribution >= 0.6 is 23.2 Å². The number of aromatic nitrogens is 2. The Morgan fingerprint density at radius 2 is 2.00 bits per heavy atom. The van der Waals surface area contributed by atoms with Crippen LogP contribution in [0.2, 0.25) is 10.0 Å². The lowest BCUT2D eigenvalue weighted by Gasteiger charge is -2.09. The van der Waals surface area contributed by atoms with Gasteiger partial charge in [-0.1, -0.05) is 29.3 Å². The largest absolute Gasteiger partial charge is 0.385 e. The lowest BCUT2D eigenvalue weighted by molar-refractivity contribution is 0.197. The van der Waals surface area contributed by atoms with Crippen LogP contribution in [0.4, 0.5) is 11.8 Å². The maximum atomic E-state index is 6.16. The minimum Gasteiger partial charge on any atom is -0.385 e. The fourth-order valence-electron chi connectivity index (χ4n) is 2.01. The number of rotatable bonds is 9. The third-order valence-corrected chi connectivity index (χ3v) is 3.77. The number of ether oxygens (including phenoxy) is 1. The molecule has 2 N–H and O–H groups in total. The summed E-state index contributed by atoms with van der Waals surface area (Å²) in [5.74, 6) is 1.38. The number of nitrogens with zero attached hydrogens (tertiary/aromatic N) is 2. The van der Waals surface area contributed by atoms with E-state index in [1.54, 1.807) is 19.4 Å². The predicted octanol–water partition coefficient (Wildman–Crippen LogP) is 3.89. The molecule has 0 radical (unpaired) electrons. The lowest BCUT2D eigenvalue weighted by Crippen LogP contribution is -2.10. The molecule has 1 aromatic heterocycles. The highest BCUT2D eigenvalue weighted by Gasteiger charge is 2.02. The van der Waals surface area contributed by atoms with Gasteiger partial charge in [-0.25, -0.2) is 4.98 Å². The van der Waals surface area contributed by atoms with Gasteiger partial charge in [0.05, 0.1) is 0 Å². The molecular weight excluding hydrogens is 335 g/mol. The second-order valence-corrected chi connectivity index (χ2v) is 5.79. The normalized spacial score (nSPS) is 10.6. The Bertz CT molecular complexity index is 625. The van der Waals surface area contributed by atoms with Gasteiger partial charge in [-0.2, -0.15) is 4.98 Å². The van der Waals surface area contributed by atoms with Gasteiger partial charge in [0.1, 0.15) is 5.82 Å². The summed E-state index contributed by atoms with van der Waals surface area (Å²) in [7, 11) is 1.69. The molecule has 0 saturated carbocycles. The van der Waals surface area contributed by atoms with Gasteiger partial charge >= 0.3 is 0 Å². The van der Waals surface area contributed by atoms with E-state index in [2.05, 4.69) is 20.6 Å². The minimum atomic E-state index is 0.607. The third-order valence-electron chi connectivity index (χ3n) is 3.18. The number of hydrogen-bond donors (Lipinski definition) is 2. The molecule has 1 heterocycles. The summed E-state index contributed by atoms with van der Waals surface area (Å²) in [6, 6.07) is 7.37. The number of halogens is 2. The topological polar surface area (TPSA) is 59.1 Å². The van der Waals surface area contributed by atoms with Crippen LogP contribution in [0, 0.1) is 0 Å². The number of anilines is 2. The monoisotopic (exact) mass is 354 g/mol. The van der Waals surface area contributed by atoms with Gasteiger partial charge in [0.25, 0.3) is 0 Å². The first-order valence-corrected chi connectivity index (χ1v) is 8.18. The number of hydrogen-bond acceptors (Lipinski definition) is 5. The highest BCUT2D eigenvalue weighted by atomic mass is 35.5. The molecule has 0 saturated heterocycles. The van der Waals surface area contributed by atoms with Crippen LogP contribution < -0.4 is 10.6 Å². The van der Waals surface area contributed by atoms with E-state index < -0.39 is 0 Å². The molecule has 5 nitrogen and oxygen atoms in total. The minimum absolute atomic E-state index is 0.607. The smallest absolute Gasteiger partial charge is 0.224 e. The van der Waals surface area contributed by atoms with Crippen molar-refractivity contribution in [2.24, 2.45) is 0 Å². The molecule has 0 amide bonds. The first-order valence-electron chi connectivity index (χ1n) is 7.42. The maximum Gasteiger partial charge on any atom is 0.224 e. The fraction of sp³-hybridized carbons (Fsp3) is 0.375. The summed E-state index contributed by atoms with van der Waals surface area (Å²) in [6.07, 6.45) is 3.42. The Morgan fingerprint density at radius 1 is 1.13 bits per heavy atom. The second-order valence-electron chi connectivity index (χ2n) is 4.95. The van der Waals surface area contributed by atoms with Crippen LogP contribution in [-0.4, -0.2) is 36.8 Å². The van der Waals surface area contributed by atoms with Crippen molar-refractivity contribution in [3.05, 3.63) is 46.1 Å². The van der Waals surface area contributed by atoms with E-state index in [0.717, 1.165) is 37.3 Å². The molecule has 124 valence electrons. The molecular formula is C16H20Cl2N4O. The molecule has 0 aliphatic heterocycles. The average Bonchev–Trinajstić information content (AvgIpc) is 2.54. The summed E-state index contributed by atoms with van der Waals surface area (Å²) in [5, 5.41) is 7.76. The zero-order valence-corrected chi connectivity index (χ0v) is 14.5. The predicted molar refractivity (Wildman–Crippen MR) is 95.7 cm³/mol. The van der Waals surface area contributed by atoms with E-state index >= 15 is 0 Å². The van der Waals surface area contributed by atoms with Gasteiger partial charge in [-0.05, 0) is 36.6 Å². The van der Waals surface area contributed by atoms with Crippen molar-refractivity contribution in [3.8, 4) is 0 Å². The molecule has 23 heavy (non-hydrogen) atoms. The summed E-state index contributed by atoms with van der Waals surface area (Å²) < 4.78 is 5.00. The van der Waals surface area contributed by atoms with E-state index in [0.29, 0.717) is 22.6 Å². The van der Waals surface area contributed by atoms with E-state index in [1.165, 1.54) is 0 Å². The second kappa shape index (κ2) is 9.55. The van der Waals surface area contributed by atoms with E-state index in [9.17, 15) is 0 Å². The maximum absolute atomic E-state index is 6.16. The van der Waals surface area contributed by atoms with E-state index in [4.69, 9.17) is 27.9 Å². The van der Waals surface area contributed by atoms with Crippen LogP contribution in [0.1, 0.15) is 12.0 Å². The molecule has 7 heteroatoms. The lowest BCUT2D eigenvalue weighted by atomic mass is 10.1. The van der Waals surface area contributed by atoms with Crippen LogP contribution in [0.3, 0.4) is 0 Å². The van der Waals surface area contributed by atoms with Gasteiger partial charge in [-0.3, -0.25) is 0 Å². The molecule has 0 aliphatic carbocycles. The molecule has 2 aromatic rings. The van der Waals surface area contributed by atoms with Crippen LogP contribution in [-0.2, 0) is 11.2 Å².